The number of rotatable bonds is 5. The van der Waals surface area contributed by atoms with Crippen molar-refractivity contribution < 1.29 is 14.4 Å². The molecule has 2 aliphatic carbocycles. The maximum atomic E-state index is 12.6. The molecule has 1 spiro atoms. The van der Waals surface area contributed by atoms with Gasteiger partial charge in [-0.05, 0) is 43.1 Å². The standard InChI is InChI=1S/C19H26N4O3/c24-16-8-19(3-1-4-19)15(11-21-16)18(26)22-9-12-6-14(7-12)23-17(25)13-2-5-20-10-13/h2,5,10,12,14-15,20H,1,3-4,6-9,11H2,(H,21,24)(H,22,26)(H,23,25). The van der Waals surface area contributed by atoms with Crippen LogP contribution in [0.1, 0.15) is 48.9 Å². The second-order valence-corrected chi connectivity index (χ2v) is 8.10. The molecule has 7 heteroatoms. The first-order valence-corrected chi connectivity index (χ1v) is 9.54. The minimum atomic E-state index is -0.0990. The van der Waals surface area contributed by atoms with E-state index >= 15 is 0 Å². The predicted molar refractivity (Wildman–Crippen MR) is 95.2 cm³/mol. The van der Waals surface area contributed by atoms with Gasteiger partial charge in [-0.3, -0.25) is 14.4 Å². The first-order chi connectivity index (χ1) is 12.6. The number of aromatic nitrogens is 1. The van der Waals surface area contributed by atoms with E-state index in [0.29, 0.717) is 31.0 Å². The summed E-state index contributed by atoms with van der Waals surface area (Å²) in [5.74, 6) is 0.408. The average Bonchev–Trinajstić information content (AvgIpc) is 3.09. The van der Waals surface area contributed by atoms with Gasteiger partial charge in [-0.1, -0.05) is 6.42 Å². The number of hydrogen-bond donors (Lipinski definition) is 4. The molecular formula is C19H26N4O3. The average molecular weight is 358 g/mol. The maximum Gasteiger partial charge on any atom is 0.253 e. The molecular weight excluding hydrogens is 332 g/mol. The third-order valence-electron chi connectivity index (χ3n) is 6.42. The normalized spacial score (nSPS) is 29.2. The van der Waals surface area contributed by atoms with Crippen LogP contribution in [-0.4, -0.2) is 41.8 Å². The summed E-state index contributed by atoms with van der Waals surface area (Å²) in [5, 5.41) is 8.95. The van der Waals surface area contributed by atoms with E-state index in [-0.39, 0.29) is 35.1 Å². The van der Waals surface area contributed by atoms with Crippen LogP contribution in [0.5, 0.6) is 0 Å². The van der Waals surface area contributed by atoms with Gasteiger partial charge in [0.15, 0.2) is 0 Å². The van der Waals surface area contributed by atoms with Gasteiger partial charge in [-0.25, -0.2) is 0 Å². The Morgan fingerprint density at radius 3 is 2.73 bits per heavy atom. The van der Waals surface area contributed by atoms with Crippen molar-refractivity contribution in [3.05, 3.63) is 24.0 Å². The highest BCUT2D eigenvalue weighted by molar-refractivity contribution is 5.94. The summed E-state index contributed by atoms with van der Waals surface area (Å²) >= 11 is 0. The van der Waals surface area contributed by atoms with Crippen molar-refractivity contribution in [2.45, 2.75) is 44.6 Å². The van der Waals surface area contributed by atoms with E-state index in [1.165, 1.54) is 0 Å². The van der Waals surface area contributed by atoms with E-state index in [1.807, 2.05) is 0 Å². The summed E-state index contributed by atoms with van der Waals surface area (Å²) < 4.78 is 0. The van der Waals surface area contributed by atoms with Gasteiger partial charge < -0.3 is 20.9 Å². The zero-order chi connectivity index (χ0) is 18.1. The monoisotopic (exact) mass is 358 g/mol. The zero-order valence-corrected chi connectivity index (χ0v) is 14.8. The molecule has 26 heavy (non-hydrogen) atoms. The molecule has 1 aromatic heterocycles. The van der Waals surface area contributed by atoms with Crippen molar-refractivity contribution in [3.8, 4) is 0 Å². The molecule has 3 aliphatic rings. The number of H-pyrrole nitrogens is 1. The van der Waals surface area contributed by atoms with E-state index in [0.717, 1.165) is 32.1 Å². The molecule has 1 saturated heterocycles. The molecule has 3 amide bonds. The zero-order valence-electron chi connectivity index (χ0n) is 14.8. The summed E-state index contributed by atoms with van der Waals surface area (Å²) in [7, 11) is 0. The Morgan fingerprint density at radius 2 is 2.08 bits per heavy atom. The largest absolute Gasteiger partial charge is 0.367 e. The summed E-state index contributed by atoms with van der Waals surface area (Å²) in [6.45, 7) is 1.11. The first-order valence-electron chi connectivity index (χ1n) is 9.54. The lowest BCUT2D eigenvalue weighted by Crippen LogP contribution is -2.57. The van der Waals surface area contributed by atoms with Crippen LogP contribution < -0.4 is 16.0 Å². The van der Waals surface area contributed by atoms with E-state index in [4.69, 9.17) is 0 Å². The number of nitrogens with one attached hydrogen (secondary N) is 4. The fourth-order valence-electron chi connectivity index (χ4n) is 4.59. The molecule has 1 aromatic rings. The summed E-state index contributed by atoms with van der Waals surface area (Å²) in [5.41, 5.74) is 0.547. The minimum Gasteiger partial charge on any atom is -0.367 e. The quantitative estimate of drug-likeness (QED) is 0.630. The molecule has 0 bridgehead atoms. The molecule has 4 rings (SSSR count). The van der Waals surface area contributed by atoms with Crippen LogP contribution in [0.25, 0.3) is 0 Å². The van der Waals surface area contributed by atoms with Crippen molar-refractivity contribution in [1.29, 1.82) is 0 Å². The Labute approximate surface area is 152 Å². The fraction of sp³-hybridized carbons (Fsp3) is 0.632. The van der Waals surface area contributed by atoms with E-state index < -0.39 is 0 Å². The predicted octanol–water partition coefficient (Wildman–Crippen LogP) is 0.946. The van der Waals surface area contributed by atoms with Crippen LogP contribution in [-0.2, 0) is 9.59 Å². The number of piperidine rings is 1. The highest BCUT2D eigenvalue weighted by Gasteiger charge is 2.51. The second-order valence-electron chi connectivity index (χ2n) is 8.10. The molecule has 0 aromatic carbocycles. The summed E-state index contributed by atoms with van der Waals surface area (Å²) in [6, 6.07) is 1.94. The van der Waals surface area contributed by atoms with Crippen LogP contribution in [0.2, 0.25) is 0 Å². The molecule has 7 nitrogen and oxygen atoms in total. The third-order valence-corrected chi connectivity index (χ3v) is 6.42. The lowest BCUT2D eigenvalue weighted by Gasteiger charge is -2.49. The number of amides is 3. The Balaban J connectivity index is 1.20. The van der Waals surface area contributed by atoms with Gasteiger partial charge in [0.25, 0.3) is 5.91 Å². The van der Waals surface area contributed by atoms with Crippen LogP contribution in [0.4, 0.5) is 0 Å². The molecule has 2 saturated carbocycles. The molecule has 4 N–H and O–H groups in total. The third kappa shape index (κ3) is 3.22. The SMILES string of the molecule is O=C1CC2(CCC2)C(C(=O)NCC2CC(NC(=O)c3cc[nH]c3)C2)CN1. The van der Waals surface area contributed by atoms with Crippen LogP contribution in [0.15, 0.2) is 18.5 Å². The minimum absolute atomic E-state index is 0.0522. The Hall–Kier alpha value is -2.31. The summed E-state index contributed by atoms with van der Waals surface area (Å²) in [4.78, 5) is 39.2. The fourth-order valence-corrected chi connectivity index (χ4v) is 4.59. The van der Waals surface area contributed by atoms with Gasteiger partial charge in [0, 0.05) is 37.9 Å². The van der Waals surface area contributed by atoms with Gasteiger partial charge in [0.05, 0.1) is 11.5 Å². The molecule has 1 atom stereocenters. The lowest BCUT2D eigenvalue weighted by atomic mass is 9.57. The smallest absolute Gasteiger partial charge is 0.253 e. The molecule has 1 unspecified atom stereocenters. The summed E-state index contributed by atoms with van der Waals surface area (Å²) in [6.07, 6.45) is 8.77. The van der Waals surface area contributed by atoms with Gasteiger partial charge in [-0.15, -0.1) is 0 Å². The van der Waals surface area contributed by atoms with E-state index in [9.17, 15) is 14.4 Å². The topological polar surface area (TPSA) is 103 Å². The first kappa shape index (κ1) is 17.1. The van der Waals surface area contributed by atoms with Crippen molar-refractivity contribution in [2.24, 2.45) is 17.3 Å². The molecule has 2 heterocycles. The molecule has 0 radical (unpaired) electrons. The van der Waals surface area contributed by atoms with Crippen molar-refractivity contribution in [3.63, 3.8) is 0 Å². The van der Waals surface area contributed by atoms with Crippen LogP contribution >= 0.6 is 0 Å². The number of hydrogen-bond acceptors (Lipinski definition) is 3. The van der Waals surface area contributed by atoms with Crippen molar-refractivity contribution in [1.82, 2.24) is 20.9 Å². The Bertz CT molecular complexity index is 690. The lowest BCUT2D eigenvalue weighted by molar-refractivity contribution is -0.142. The van der Waals surface area contributed by atoms with Gasteiger partial charge >= 0.3 is 0 Å². The number of carbonyl (C=O) groups is 3. The maximum absolute atomic E-state index is 12.6. The molecule has 3 fully saturated rings. The Kier molecular flexibility index (Phi) is 4.46. The van der Waals surface area contributed by atoms with Crippen LogP contribution in [0.3, 0.4) is 0 Å². The van der Waals surface area contributed by atoms with Crippen molar-refractivity contribution >= 4 is 17.7 Å². The second kappa shape index (κ2) is 6.78. The molecule has 1 aliphatic heterocycles. The van der Waals surface area contributed by atoms with Crippen molar-refractivity contribution in [2.75, 3.05) is 13.1 Å². The number of aromatic amines is 1. The number of carbonyl (C=O) groups excluding carboxylic acids is 3. The van der Waals surface area contributed by atoms with Crippen LogP contribution in [0, 0.1) is 17.3 Å². The van der Waals surface area contributed by atoms with Gasteiger partial charge in [0.2, 0.25) is 11.8 Å². The molecule has 140 valence electrons. The van der Waals surface area contributed by atoms with Gasteiger partial charge in [0.1, 0.15) is 0 Å². The van der Waals surface area contributed by atoms with E-state index in [1.54, 1.807) is 18.5 Å². The Morgan fingerprint density at radius 1 is 1.27 bits per heavy atom. The highest BCUT2D eigenvalue weighted by Crippen LogP contribution is 2.51. The highest BCUT2D eigenvalue weighted by atomic mass is 16.2. The van der Waals surface area contributed by atoms with E-state index in [2.05, 4.69) is 20.9 Å². The van der Waals surface area contributed by atoms with Gasteiger partial charge in [-0.2, -0.15) is 0 Å².